The number of carbonyl (C=O) groups is 1. The summed E-state index contributed by atoms with van der Waals surface area (Å²) < 4.78 is 27.1. The van der Waals surface area contributed by atoms with Crippen molar-refractivity contribution in [1.82, 2.24) is 14.5 Å². The molecule has 0 aromatic heterocycles. The molecule has 3 rings (SSSR count). The van der Waals surface area contributed by atoms with Gasteiger partial charge in [0.1, 0.15) is 0 Å². The average Bonchev–Trinajstić information content (AvgIpc) is 2.77. The smallest absolute Gasteiger partial charge is 0.243 e. The number of nitrogens with one attached hydrogen (secondary N) is 1. The molecule has 2 aromatic carbocycles. The van der Waals surface area contributed by atoms with Crippen LogP contribution >= 0.6 is 11.6 Å². The summed E-state index contributed by atoms with van der Waals surface area (Å²) in [4.78, 5) is 14.8. The SMILES string of the molecule is CC(CNC(=O)C(C)N1CCN(S(=O)(=O)c2cccc(Cl)c2)CC1)c1ccccc1. The molecule has 6 nitrogen and oxygen atoms in total. The van der Waals surface area contributed by atoms with Gasteiger partial charge in [-0.05, 0) is 36.6 Å². The van der Waals surface area contributed by atoms with E-state index in [1.807, 2.05) is 30.0 Å². The van der Waals surface area contributed by atoms with Crippen LogP contribution in [-0.2, 0) is 14.8 Å². The summed E-state index contributed by atoms with van der Waals surface area (Å²) >= 11 is 5.94. The van der Waals surface area contributed by atoms with Gasteiger partial charge in [-0.2, -0.15) is 4.31 Å². The van der Waals surface area contributed by atoms with Crippen LogP contribution in [0.15, 0.2) is 59.5 Å². The fourth-order valence-corrected chi connectivity index (χ4v) is 5.30. The molecule has 1 saturated heterocycles. The molecule has 2 atom stereocenters. The molecule has 30 heavy (non-hydrogen) atoms. The van der Waals surface area contributed by atoms with Gasteiger partial charge >= 0.3 is 0 Å². The lowest BCUT2D eigenvalue weighted by Crippen LogP contribution is -2.55. The normalized spacial score (nSPS) is 18.0. The van der Waals surface area contributed by atoms with E-state index in [4.69, 9.17) is 11.6 Å². The Kier molecular flexibility index (Phi) is 7.52. The molecule has 162 valence electrons. The second-order valence-electron chi connectivity index (χ2n) is 7.63. The number of piperazine rings is 1. The third-order valence-corrected chi connectivity index (χ3v) is 7.72. The zero-order valence-corrected chi connectivity index (χ0v) is 18.9. The van der Waals surface area contributed by atoms with Crippen molar-refractivity contribution in [2.24, 2.45) is 0 Å². The van der Waals surface area contributed by atoms with Crippen molar-refractivity contribution in [3.63, 3.8) is 0 Å². The maximum Gasteiger partial charge on any atom is 0.243 e. The van der Waals surface area contributed by atoms with Crippen LogP contribution in [0, 0.1) is 0 Å². The van der Waals surface area contributed by atoms with Gasteiger partial charge in [0.2, 0.25) is 15.9 Å². The number of halogens is 1. The molecule has 8 heteroatoms. The number of amides is 1. The third-order valence-electron chi connectivity index (χ3n) is 5.59. The topological polar surface area (TPSA) is 69.7 Å². The average molecular weight is 450 g/mol. The molecule has 0 aliphatic carbocycles. The molecule has 0 bridgehead atoms. The van der Waals surface area contributed by atoms with Crippen LogP contribution in [0.25, 0.3) is 0 Å². The predicted molar refractivity (Wildman–Crippen MR) is 119 cm³/mol. The zero-order valence-electron chi connectivity index (χ0n) is 17.3. The molecule has 1 N–H and O–H groups in total. The van der Waals surface area contributed by atoms with Crippen LogP contribution in [0.4, 0.5) is 0 Å². The summed E-state index contributed by atoms with van der Waals surface area (Å²) in [5, 5.41) is 3.42. The lowest BCUT2D eigenvalue weighted by atomic mass is 10.0. The molecule has 1 aliphatic rings. The minimum Gasteiger partial charge on any atom is -0.354 e. The first-order valence-electron chi connectivity index (χ1n) is 10.1. The first-order valence-corrected chi connectivity index (χ1v) is 11.9. The molecule has 0 saturated carbocycles. The first-order chi connectivity index (χ1) is 14.3. The fraction of sp³-hybridized carbons (Fsp3) is 0.409. The Morgan fingerprint density at radius 3 is 2.33 bits per heavy atom. The van der Waals surface area contributed by atoms with Gasteiger partial charge in [-0.1, -0.05) is 54.9 Å². The van der Waals surface area contributed by atoms with Crippen LogP contribution < -0.4 is 5.32 Å². The van der Waals surface area contributed by atoms with E-state index >= 15 is 0 Å². The summed E-state index contributed by atoms with van der Waals surface area (Å²) in [5.74, 6) is 0.186. The fourth-order valence-electron chi connectivity index (χ4n) is 3.57. The van der Waals surface area contributed by atoms with E-state index in [1.165, 1.54) is 15.9 Å². The number of carbonyl (C=O) groups excluding carboxylic acids is 1. The van der Waals surface area contributed by atoms with Crippen molar-refractivity contribution in [2.75, 3.05) is 32.7 Å². The maximum atomic E-state index is 12.8. The van der Waals surface area contributed by atoms with Gasteiger partial charge in [-0.3, -0.25) is 9.69 Å². The standard InChI is InChI=1S/C22H28ClN3O3S/c1-17(19-7-4-3-5-8-19)16-24-22(27)18(2)25-11-13-26(14-12-25)30(28,29)21-10-6-9-20(23)15-21/h3-10,15,17-18H,11-14,16H2,1-2H3,(H,24,27). The maximum absolute atomic E-state index is 12.8. The number of hydrogen-bond donors (Lipinski definition) is 1. The van der Waals surface area contributed by atoms with E-state index in [2.05, 4.69) is 24.4 Å². The highest BCUT2D eigenvalue weighted by molar-refractivity contribution is 7.89. The van der Waals surface area contributed by atoms with Gasteiger partial charge < -0.3 is 5.32 Å². The molecule has 2 aromatic rings. The van der Waals surface area contributed by atoms with E-state index in [0.29, 0.717) is 37.7 Å². The summed E-state index contributed by atoms with van der Waals surface area (Å²) in [6.07, 6.45) is 0. The molecule has 0 spiro atoms. The molecular formula is C22H28ClN3O3S. The second kappa shape index (κ2) is 9.92. The van der Waals surface area contributed by atoms with Crippen LogP contribution in [0.1, 0.15) is 25.3 Å². The monoisotopic (exact) mass is 449 g/mol. The molecule has 1 aliphatic heterocycles. The van der Waals surface area contributed by atoms with E-state index in [0.717, 1.165) is 0 Å². The van der Waals surface area contributed by atoms with Crippen LogP contribution in [0.5, 0.6) is 0 Å². The minimum atomic E-state index is -3.58. The first kappa shape index (κ1) is 22.7. The van der Waals surface area contributed by atoms with Crippen LogP contribution in [-0.4, -0.2) is 62.3 Å². The van der Waals surface area contributed by atoms with Gasteiger partial charge in [0.15, 0.2) is 0 Å². The number of benzene rings is 2. The van der Waals surface area contributed by atoms with Crippen LogP contribution in [0.3, 0.4) is 0 Å². The Labute approximate surface area is 183 Å². The Balaban J connectivity index is 1.52. The summed E-state index contributed by atoms with van der Waals surface area (Å²) in [5.41, 5.74) is 1.19. The molecule has 1 heterocycles. The quantitative estimate of drug-likeness (QED) is 0.705. The zero-order chi connectivity index (χ0) is 21.7. The Morgan fingerprint density at radius 2 is 1.70 bits per heavy atom. The van der Waals surface area contributed by atoms with Gasteiger partial charge in [0, 0.05) is 37.7 Å². The Hall–Kier alpha value is -1.93. The second-order valence-corrected chi connectivity index (χ2v) is 10.0. The van der Waals surface area contributed by atoms with E-state index in [9.17, 15) is 13.2 Å². The van der Waals surface area contributed by atoms with E-state index < -0.39 is 10.0 Å². The summed E-state index contributed by atoms with van der Waals surface area (Å²) in [6, 6.07) is 16.1. The molecule has 1 fully saturated rings. The largest absolute Gasteiger partial charge is 0.354 e. The van der Waals surface area contributed by atoms with Crippen molar-refractivity contribution in [1.29, 1.82) is 0 Å². The highest BCUT2D eigenvalue weighted by atomic mass is 35.5. The summed E-state index contributed by atoms with van der Waals surface area (Å²) in [7, 11) is -3.58. The minimum absolute atomic E-state index is 0.0380. The highest BCUT2D eigenvalue weighted by Crippen LogP contribution is 2.21. The van der Waals surface area contributed by atoms with Crippen molar-refractivity contribution in [3.05, 3.63) is 65.2 Å². The number of sulfonamides is 1. The molecule has 0 radical (unpaired) electrons. The van der Waals surface area contributed by atoms with Gasteiger partial charge in [0.25, 0.3) is 0 Å². The van der Waals surface area contributed by atoms with Gasteiger partial charge in [-0.25, -0.2) is 8.42 Å². The number of hydrogen-bond acceptors (Lipinski definition) is 4. The number of nitrogens with zero attached hydrogens (tertiary/aromatic N) is 2. The lowest BCUT2D eigenvalue weighted by molar-refractivity contribution is -0.126. The molecular weight excluding hydrogens is 422 g/mol. The van der Waals surface area contributed by atoms with Crippen molar-refractivity contribution >= 4 is 27.5 Å². The number of rotatable bonds is 7. The Bertz CT molecular complexity index is 961. The third kappa shape index (κ3) is 5.40. The van der Waals surface area contributed by atoms with E-state index in [1.54, 1.807) is 18.2 Å². The highest BCUT2D eigenvalue weighted by Gasteiger charge is 2.31. The van der Waals surface area contributed by atoms with Crippen LogP contribution in [0.2, 0.25) is 5.02 Å². The molecule has 2 unspecified atom stereocenters. The van der Waals surface area contributed by atoms with Crippen molar-refractivity contribution in [2.45, 2.75) is 30.7 Å². The van der Waals surface area contributed by atoms with Crippen molar-refractivity contribution in [3.8, 4) is 0 Å². The summed E-state index contributed by atoms with van der Waals surface area (Å²) in [6.45, 7) is 6.20. The van der Waals surface area contributed by atoms with Gasteiger partial charge in [-0.15, -0.1) is 0 Å². The van der Waals surface area contributed by atoms with Crippen molar-refractivity contribution < 1.29 is 13.2 Å². The van der Waals surface area contributed by atoms with Gasteiger partial charge in [0.05, 0.1) is 10.9 Å². The Morgan fingerprint density at radius 1 is 1.03 bits per heavy atom. The van der Waals surface area contributed by atoms with E-state index in [-0.39, 0.29) is 22.8 Å². The lowest BCUT2D eigenvalue weighted by Gasteiger charge is -2.36. The molecule has 1 amide bonds. The predicted octanol–water partition coefficient (Wildman–Crippen LogP) is 2.95.